The number of benzene rings is 1. The molecule has 0 radical (unpaired) electrons. The number of carbonyl (C=O) groups excluding carboxylic acids is 1. The molecule has 4 nitrogen and oxygen atoms in total. The lowest BCUT2D eigenvalue weighted by molar-refractivity contribution is -0.134. The molecule has 1 aliphatic heterocycles. The minimum Gasteiger partial charge on any atom is -0.466 e. The maximum absolute atomic E-state index is 11.1. The number of esters is 1. The molecular formula is C16H21BO4. The van der Waals surface area contributed by atoms with Gasteiger partial charge in [-0.05, 0) is 44.8 Å². The fourth-order valence-electron chi connectivity index (χ4n) is 1.98. The van der Waals surface area contributed by atoms with E-state index >= 15 is 0 Å². The topological polar surface area (TPSA) is 44.8 Å². The van der Waals surface area contributed by atoms with Crippen LogP contribution < -0.4 is 5.46 Å². The van der Waals surface area contributed by atoms with Crippen LogP contribution in [-0.4, -0.2) is 31.4 Å². The number of carbonyl (C=O) groups is 1. The van der Waals surface area contributed by atoms with Crippen molar-refractivity contribution >= 4 is 24.6 Å². The molecule has 0 spiro atoms. The summed E-state index contributed by atoms with van der Waals surface area (Å²) in [4.78, 5) is 11.1. The first-order valence-corrected chi connectivity index (χ1v) is 6.97. The summed E-state index contributed by atoms with van der Waals surface area (Å²) >= 11 is 0. The highest BCUT2D eigenvalue weighted by Crippen LogP contribution is 2.36. The molecule has 1 aromatic rings. The molecule has 0 atom stereocenters. The molecule has 0 N–H and O–H groups in total. The summed E-state index contributed by atoms with van der Waals surface area (Å²) < 4.78 is 16.5. The van der Waals surface area contributed by atoms with E-state index in [-0.39, 0.29) is 24.3 Å². The quantitative estimate of drug-likeness (QED) is 0.486. The van der Waals surface area contributed by atoms with E-state index in [4.69, 9.17) is 9.31 Å². The third-order valence-electron chi connectivity index (χ3n) is 4.07. The van der Waals surface area contributed by atoms with Crippen molar-refractivity contribution in [2.75, 3.05) is 7.11 Å². The average Bonchev–Trinajstić information content (AvgIpc) is 2.65. The zero-order chi connectivity index (χ0) is 15.7. The van der Waals surface area contributed by atoms with Crippen LogP contribution >= 0.6 is 0 Å². The Hall–Kier alpha value is -1.59. The minimum absolute atomic E-state index is 0.346. The van der Waals surface area contributed by atoms with E-state index in [0.29, 0.717) is 0 Å². The Labute approximate surface area is 126 Å². The van der Waals surface area contributed by atoms with Crippen LogP contribution in [0.5, 0.6) is 0 Å². The third-order valence-corrected chi connectivity index (χ3v) is 4.07. The van der Waals surface area contributed by atoms with Gasteiger partial charge in [0, 0.05) is 6.08 Å². The van der Waals surface area contributed by atoms with Crippen LogP contribution in [0.15, 0.2) is 30.3 Å². The zero-order valence-corrected chi connectivity index (χ0v) is 13.2. The van der Waals surface area contributed by atoms with Crippen molar-refractivity contribution in [2.45, 2.75) is 38.9 Å². The number of hydrogen-bond acceptors (Lipinski definition) is 4. The van der Waals surface area contributed by atoms with Crippen LogP contribution in [0.2, 0.25) is 0 Å². The van der Waals surface area contributed by atoms with Gasteiger partial charge >= 0.3 is 13.1 Å². The van der Waals surface area contributed by atoms with Gasteiger partial charge in [0.15, 0.2) is 0 Å². The lowest BCUT2D eigenvalue weighted by Crippen LogP contribution is -2.41. The summed E-state index contributed by atoms with van der Waals surface area (Å²) in [6, 6.07) is 7.72. The normalized spacial score (nSPS) is 20.0. The van der Waals surface area contributed by atoms with Gasteiger partial charge in [-0.2, -0.15) is 0 Å². The van der Waals surface area contributed by atoms with Gasteiger partial charge in [-0.3, -0.25) is 0 Å². The van der Waals surface area contributed by atoms with E-state index in [1.165, 1.54) is 13.2 Å². The van der Waals surface area contributed by atoms with Crippen LogP contribution in [-0.2, 0) is 18.8 Å². The number of rotatable bonds is 3. The second kappa shape index (κ2) is 5.66. The second-order valence-corrected chi connectivity index (χ2v) is 6.11. The Balaban J connectivity index is 2.10. The first-order chi connectivity index (χ1) is 9.75. The summed E-state index contributed by atoms with van der Waals surface area (Å²) in [6.45, 7) is 8.11. The maximum Gasteiger partial charge on any atom is 0.494 e. The van der Waals surface area contributed by atoms with E-state index in [0.717, 1.165) is 11.0 Å². The fraction of sp³-hybridized carbons (Fsp3) is 0.438. The van der Waals surface area contributed by atoms with Gasteiger partial charge < -0.3 is 14.0 Å². The molecule has 0 bridgehead atoms. The molecule has 0 amide bonds. The van der Waals surface area contributed by atoms with Crippen molar-refractivity contribution in [3.05, 3.63) is 35.9 Å². The minimum atomic E-state index is -0.370. The van der Waals surface area contributed by atoms with E-state index < -0.39 is 0 Å². The standard InChI is InChI=1S/C16H21BO4/c1-15(2)16(3,4)21-17(20-15)13-9-6-12(7-10-13)8-11-14(18)19-5/h6-11H,1-5H3. The Kier molecular flexibility index (Phi) is 4.26. The summed E-state index contributed by atoms with van der Waals surface area (Å²) in [6.07, 6.45) is 3.10. The van der Waals surface area contributed by atoms with Crippen LogP contribution in [0.25, 0.3) is 6.08 Å². The Morgan fingerprint density at radius 2 is 1.62 bits per heavy atom. The van der Waals surface area contributed by atoms with Crippen LogP contribution in [0.3, 0.4) is 0 Å². The molecule has 1 saturated heterocycles. The Morgan fingerprint density at radius 3 is 2.10 bits per heavy atom. The van der Waals surface area contributed by atoms with Crippen molar-refractivity contribution in [3.63, 3.8) is 0 Å². The molecule has 2 rings (SSSR count). The highest BCUT2D eigenvalue weighted by Gasteiger charge is 2.51. The average molecular weight is 288 g/mol. The summed E-state index contributed by atoms with van der Waals surface area (Å²) in [5.41, 5.74) is 1.19. The Bertz CT molecular complexity index is 530. The van der Waals surface area contributed by atoms with Crippen molar-refractivity contribution < 1.29 is 18.8 Å². The second-order valence-electron chi connectivity index (χ2n) is 6.11. The lowest BCUT2D eigenvalue weighted by Gasteiger charge is -2.32. The van der Waals surface area contributed by atoms with Gasteiger partial charge in [0.2, 0.25) is 0 Å². The van der Waals surface area contributed by atoms with E-state index in [2.05, 4.69) is 4.74 Å². The third kappa shape index (κ3) is 3.36. The van der Waals surface area contributed by atoms with Gasteiger partial charge in [-0.1, -0.05) is 24.3 Å². The summed E-state index contributed by atoms with van der Waals surface area (Å²) in [5.74, 6) is -0.370. The summed E-state index contributed by atoms with van der Waals surface area (Å²) in [7, 11) is 0.988. The van der Waals surface area contributed by atoms with Crippen molar-refractivity contribution in [1.29, 1.82) is 0 Å². The highest BCUT2D eigenvalue weighted by molar-refractivity contribution is 6.62. The van der Waals surface area contributed by atoms with Gasteiger partial charge in [0.05, 0.1) is 18.3 Å². The van der Waals surface area contributed by atoms with Gasteiger partial charge in [-0.15, -0.1) is 0 Å². The highest BCUT2D eigenvalue weighted by atomic mass is 16.7. The first-order valence-electron chi connectivity index (χ1n) is 6.97. The van der Waals surface area contributed by atoms with E-state index in [1.807, 2.05) is 52.0 Å². The molecule has 1 aliphatic rings. The molecular weight excluding hydrogens is 267 g/mol. The van der Waals surface area contributed by atoms with Crippen molar-refractivity contribution in [3.8, 4) is 0 Å². The van der Waals surface area contributed by atoms with Gasteiger partial charge in [0.1, 0.15) is 0 Å². The molecule has 112 valence electrons. The smallest absolute Gasteiger partial charge is 0.466 e. The summed E-state index contributed by atoms with van der Waals surface area (Å²) in [5, 5.41) is 0. The van der Waals surface area contributed by atoms with E-state index in [1.54, 1.807) is 6.08 Å². The molecule has 0 unspecified atom stereocenters. The molecule has 1 heterocycles. The predicted molar refractivity (Wildman–Crippen MR) is 83.2 cm³/mol. The van der Waals surface area contributed by atoms with Crippen LogP contribution in [0.1, 0.15) is 33.3 Å². The fourth-order valence-corrected chi connectivity index (χ4v) is 1.98. The Morgan fingerprint density at radius 1 is 1.10 bits per heavy atom. The number of hydrogen-bond donors (Lipinski definition) is 0. The molecule has 1 fully saturated rings. The largest absolute Gasteiger partial charge is 0.494 e. The molecule has 0 saturated carbocycles. The molecule has 0 aliphatic carbocycles. The SMILES string of the molecule is COC(=O)C=Cc1ccc(B2OC(C)(C)C(C)(C)O2)cc1. The lowest BCUT2D eigenvalue weighted by atomic mass is 9.79. The van der Waals surface area contributed by atoms with E-state index in [9.17, 15) is 4.79 Å². The number of ether oxygens (including phenoxy) is 1. The van der Waals surface area contributed by atoms with Crippen molar-refractivity contribution in [2.24, 2.45) is 0 Å². The van der Waals surface area contributed by atoms with Gasteiger partial charge in [-0.25, -0.2) is 4.79 Å². The number of methoxy groups -OCH3 is 1. The molecule has 21 heavy (non-hydrogen) atoms. The van der Waals surface area contributed by atoms with Gasteiger partial charge in [0.25, 0.3) is 0 Å². The molecule has 0 aromatic heterocycles. The zero-order valence-electron chi connectivity index (χ0n) is 13.2. The maximum atomic E-state index is 11.1. The van der Waals surface area contributed by atoms with Crippen molar-refractivity contribution in [1.82, 2.24) is 0 Å². The molecule has 1 aromatic carbocycles. The van der Waals surface area contributed by atoms with Crippen LogP contribution in [0.4, 0.5) is 0 Å². The monoisotopic (exact) mass is 288 g/mol. The molecule has 5 heteroatoms. The van der Waals surface area contributed by atoms with Crippen LogP contribution in [0, 0.1) is 0 Å². The predicted octanol–water partition coefficient (Wildman–Crippen LogP) is 2.17. The first kappa shape index (κ1) is 15.8.